The molecule has 20 heavy (non-hydrogen) atoms. The quantitative estimate of drug-likeness (QED) is 0.385. The zero-order valence-corrected chi connectivity index (χ0v) is 13.4. The maximum atomic E-state index is 10.6. The van der Waals surface area contributed by atoms with Gasteiger partial charge in [-0.3, -0.25) is 4.79 Å². The Balaban J connectivity index is 3.28. The standard InChI is InChI=1S/C15H30O5/c1-5-6-9-18-13(2)11-17-8-7-10-19-14(3)12-20-15(4)16/h13-14H,5-12H2,1-4H3. The van der Waals surface area contributed by atoms with E-state index in [-0.39, 0.29) is 18.2 Å². The Morgan fingerprint density at radius 1 is 0.950 bits per heavy atom. The zero-order valence-electron chi connectivity index (χ0n) is 13.4. The van der Waals surface area contributed by atoms with Crippen LogP contribution in [0.2, 0.25) is 0 Å². The first-order chi connectivity index (χ1) is 9.56. The number of hydrogen-bond acceptors (Lipinski definition) is 5. The second-order valence-corrected chi connectivity index (χ2v) is 4.95. The molecule has 0 aliphatic rings. The second kappa shape index (κ2) is 13.3. The number of carbonyl (C=O) groups excluding carboxylic acids is 1. The molecule has 2 unspecified atom stereocenters. The molecule has 0 aromatic heterocycles. The third-order valence-electron chi connectivity index (χ3n) is 2.61. The van der Waals surface area contributed by atoms with Gasteiger partial charge in [-0.25, -0.2) is 0 Å². The summed E-state index contributed by atoms with van der Waals surface area (Å²) in [5.74, 6) is -0.277. The fourth-order valence-electron chi connectivity index (χ4n) is 1.45. The highest BCUT2D eigenvalue weighted by atomic mass is 16.6. The van der Waals surface area contributed by atoms with E-state index in [1.54, 1.807) is 0 Å². The molecule has 0 aliphatic carbocycles. The summed E-state index contributed by atoms with van der Waals surface area (Å²) in [6.07, 6.45) is 3.14. The second-order valence-electron chi connectivity index (χ2n) is 4.95. The molecule has 5 heteroatoms. The van der Waals surface area contributed by atoms with Gasteiger partial charge in [0.15, 0.2) is 0 Å². The summed E-state index contributed by atoms with van der Waals surface area (Å²) in [6, 6.07) is 0. The Morgan fingerprint density at radius 2 is 1.55 bits per heavy atom. The fourth-order valence-corrected chi connectivity index (χ4v) is 1.45. The Hall–Kier alpha value is -0.650. The Kier molecular flexibility index (Phi) is 12.9. The Labute approximate surface area is 122 Å². The molecule has 2 atom stereocenters. The lowest BCUT2D eigenvalue weighted by Crippen LogP contribution is -2.20. The Morgan fingerprint density at radius 3 is 2.15 bits per heavy atom. The topological polar surface area (TPSA) is 54.0 Å². The van der Waals surface area contributed by atoms with Crippen LogP contribution in [0.3, 0.4) is 0 Å². The van der Waals surface area contributed by atoms with Crippen molar-refractivity contribution in [3.05, 3.63) is 0 Å². The van der Waals surface area contributed by atoms with Crippen LogP contribution < -0.4 is 0 Å². The third-order valence-corrected chi connectivity index (χ3v) is 2.61. The van der Waals surface area contributed by atoms with Crippen molar-refractivity contribution >= 4 is 5.97 Å². The van der Waals surface area contributed by atoms with Crippen LogP contribution in [0.5, 0.6) is 0 Å². The maximum Gasteiger partial charge on any atom is 0.302 e. The highest BCUT2D eigenvalue weighted by Crippen LogP contribution is 1.98. The number of esters is 1. The van der Waals surface area contributed by atoms with Gasteiger partial charge >= 0.3 is 5.97 Å². The third kappa shape index (κ3) is 13.8. The van der Waals surface area contributed by atoms with E-state index in [0.29, 0.717) is 26.4 Å². The molecule has 0 N–H and O–H groups in total. The van der Waals surface area contributed by atoms with Gasteiger partial charge in [-0.15, -0.1) is 0 Å². The van der Waals surface area contributed by atoms with Crippen molar-refractivity contribution in [3.63, 3.8) is 0 Å². The lowest BCUT2D eigenvalue weighted by Gasteiger charge is -2.14. The molecule has 0 fully saturated rings. The number of ether oxygens (including phenoxy) is 4. The van der Waals surface area contributed by atoms with Crippen molar-refractivity contribution in [3.8, 4) is 0 Å². The van der Waals surface area contributed by atoms with E-state index < -0.39 is 0 Å². The predicted octanol–water partition coefficient (Wildman–Crippen LogP) is 2.57. The summed E-state index contributed by atoms with van der Waals surface area (Å²) in [4.78, 5) is 10.6. The minimum Gasteiger partial charge on any atom is -0.463 e. The van der Waals surface area contributed by atoms with Gasteiger partial charge in [-0.1, -0.05) is 13.3 Å². The minimum absolute atomic E-state index is 0.0739. The van der Waals surface area contributed by atoms with E-state index in [2.05, 4.69) is 6.92 Å². The SMILES string of the molecule is CCCCOC(C)COCCCOC(C)COC(C)=O. The number of hydrogen-bond donors (Lipinski definition) is 0. The summed E-state index contributed by atoms with van der Waals surface area (Å²) in [7, 11) is 0. The molecule has 0 spiro atoms. The van der Waals surface area contributed by atoms with Crippen molar-refractivity contribution in [2.75, 3.05) is 33.0 Å². The van der Waals surface area contributed by atoms with Crippen LogP contribution in [0.4, 0.5) is 0 Å². The number of unbranched alkanes of at least 4 members (excludes halogenated alkanes) is 1. The van der Waals surface area contributed by atoms with Gasteiger partial charge in [0, 0.05) is 26.7 Å². The average molecular weight is 290 g/mol. The first-order valence-electron chi connectivity index (χ1n) is 7.50. The van der Waals surface area contributed by atoms with Crippen LogP contribution in [-0.4, -0.2) is 51.2 Å². The first kappa shape index (κ1) is 19.4. The number of rotatable bonds is 13. The molecule has 0 heterocycles. The number of carbonyl (C=O) groups is 1. The molecule has 0 aliphatic heterocycles. The Bertz CT molecular complexity index is 232. The summed E-state index contributed by atoms with van der Waals surface area (Å²) >= 11 is 0. The molecule has 0 aromatic carbocycles. The van der Waals surface area contributed by atoms with E-state index in [9.17, 15) is 4.79 Å². The van der Waals surface area contributed by atoms with E-state index >= 15 is 0 Å². The van der Waals surface area contributed by atoms with Gasteiger partial charge in [0.25, 0.3) is 0 Å². The van der Waals surface area contributed by atoms with Crippen LogP contribution in [-0.2, 0) is 23.7 Å². The molecule has 0 amide bonds. The van der Waals surface area contributed by atoms with Crippen molar-refractivity contribution in [2.45, 2.75) is 59.2 Å². The average Bonchev–Trinajstić information content (AvgIpc) is 2.40. The van der Waals surface area contributed by atoms with Crippen LogP contribution in [0, 0.1) is 0 Å². The van der Waals surface area contributed by atoms with Crippen molar-refractivity contribution in [1.82, 2.24) is 0 Å². The minimum atomic E-state index is -0.277. The normalized spacial score (nSPS) is 14.0. The highest BCUT2D eigenvalue weighted by Gasteiger charge is 2.05. The van der Waals surface area contributed by atoms with Gasteiger partial charge in [0.2, 0.25) is 0 Å². The first-order valence-corrected chi connectivity index (χ1v) is 7.50. The van der Waals surface area contributed by atoms with Crippen molar-refractivity contribution in [1.29, 1.82) is 0 Å². The molecule has 0 saturated carbocycles. The fraction of sp³-hybridized carbons (Fsp3) is 0.933. The zero-order chi connectivity index (χ0) is 15.2. The van der Waals surface area contributed by atoms with Crippen molar-refractivity contribution < 1.29 is 23.7 Å². The van der Waals surface area contributed by atoms with Crippen molar-refractivity contribution in [2.24, 2.45) is 0 Å². The molecule has 0 radical (unpaired) electrons. The lowest BCUT2D eigenvalue weighted by atomic mass is 10.3. The molecule has 0 aromatic rings. The van der Waals surface area contributed by atoms with E-state index in [4.69, 9.17) is 18.9 Å². The smallest absolute Gasteiger partial charge is 0.302 e. The molecular formula is C15H30O5. The molecule has 0 rings (SSSR count). The van der Waals surface area contributed by atoms with Crippen LogP contribution in [0.25, 0.3) is 0 Å². The largest absolute Gasteiger partial charge is 0.463 e. The molecule has 0 bridgehead atoms. The van der Waals surface area contributed by atoms with E-state index in [1.807, 2.05) is 13.8 Å². The van der Waals surface area contributed by atoms with Crippen LogP contribution in [0.1, 0.15) is 47.0 Å². The molecule has 5 nitrogen and oxygen atoms in total. The lowest BCUT2D eigenvalue weighted by molar-refractivity contribution is -0.144. The summed E-state index contributed by atoms with van der Waals surface area (Å²) in [5, 5.41) is 0. The van der Waals surface area contributed by atoms with Gasteiger partial charge in [0.05, 0.1) is 18.8 Å². The van der Waals surface area contributed by atoms with Crippen LogP contribution in [0.15, 0.2) is 0 Å². The van der Waals surface area contributed by atoms with Crippen LogP contribution >= 0.6 is 0 Å². The summed E-state index contributed by atoms with van der Waals surface area (Å²) < 4.78 is 21.4. The van der Waals surface area contributed by atoms with Gasteiger partial charge in [-0.2, -0.15) is 0 Å². The molecular weight excluding hydrogens is 260 g/mol. The highest BCUT2D eigenvalue weighted by molar-refractivity contribution is 5.65. The van der Waals surface area contributed by atoms with Gasteiger partial charge < -0.3 is 18.9 Å². The molecule has 120 valence electrons. The van der Waals surface area contributed by atoms with E-state index in [0.717, 1.165) is 25.9 Å². The van der Waals surface area contributed by atoms with E-state index in [1.165, 1.54) is 6.92 Å². The summed E-state index contributed by atoms with van der Waals surface area (Å²) in [5.41, 5.74) is 0. The monoisotopic (exact) mass is 290 g/mol. The van der Waals surface area contributed by atoms with Gasteiger partial charge in [-0.05, 0) is 26.7 Å². The predicted molar refractivity (Wildman–Crippen MR) is 77.8 cm³/mol. The molecule has 0 saturated heterocycles. The summed E-state index contributed by atoms with van der Waals surface area (Å²) in [6.45, 7) is 10.4. The maximum absolute atomic E-state index is 10.6. The van der Waals surface area contributed by atoms with Gasteiger partial charge in [0.1, 0.15) is 6.61 Å².